The Kier molecular flexibility index (Phi) is 6.45. The van der Waals surface area contributed by atoms with Gasteiger partial charge in [0.15, 0.2) is 22.7 Å². The standard InChI is InChI=1S/C22H23FN8O3S/c1-14-16-11-26-22(21-24-4-2-5-25-21)27-17(16)3-6-30(14)19-10-15(9-18(23)28-19)31-8-7-29(12-20(31)32)13-35(33)34/h2,4-5,9-11,14H,3,6-8,12-13H2,1H3,(H,33,34). The molecule has 2 aliphatic heterocycles. The Morgan fingerprint density at radius 3 is 2.66 bits per heavy atom. The van der Waals surface area contributed by atoms with E-state index < -0.39 is 17.0 Å². The summed E-state index contributed by atoms with van der Waals surface area (Å²) in [5.41, 5.74) is 2.20. The summed E-state index contributed by atoms with van der Waals surface area (Å²) >= 11 is -2.02. The van der Waals surface area contributed by atoms with Crippen LogP contribution in [0.1, 0.15) is 24.2 Å². The third-order valence-corrected chi connectivity index (χ3v) is 6.72. The van der Waals surface area contributed by atoms with Gasteiger partial charge in [-0.3, -0.25) is 9.69 Å². The largest absolute Gasteiger partial charge is 0.349 e. The number of halogens is 1. The van der Waals surface area contributed by atoms with Gasteiger partial charge in [0.2, 0.25) is 11.9 Å². The van der Waals surface area contributed by atoms with Crippen LogP contribution in [0.15, 0.2) is 36.8 Å². The molecule has 1 N–H and O–H groups in total. The van der Waals surface area contributed by atoms with Crippen LogP contribution < -0.4 is 9.80 Å². The minimum Gasteiger partial charge on any atom is -0.349 e. The van der Waals surface area contributed by atoms with Crippen molar-refractivity contribution in [2.45, 2.75) is 19.4 Å². The van der Waals surface area contributed by atoms with Crippen LogP contribution in [0.3, 0.4) is 0 Å². The number of amides is 1. The van der Waals surface area contributed by atoms with Gasteiger partial charge in [-0.25, -0.2) is 29.1 Å². The summed E-state index contributed by atoms with van der Waals surface area (Å²) in [6, 6.07) is 4.50. The molecule has 2 aliphatic rings. The van der Waals surface area contributed by atoms with Crippen molar-refractivity contribution in [2.75, 3.05) is 41.9 Å². The molecule has 3 aromatic rings. The topological polar surface area (TPSA) is 129 Å². The zero-order chi connectivity index (χ0) is 24.5. The number of pyridine rings is 1. The number of carbonyl (C=O) groups is 1. The molecule has 1 amide bonds. The second-order valence-corrected chi connectivity index (χ2v) is 9.24. The van der Waals surface area contributed by atoms with Gasteiger partial charge in [-0.15, -0.1) is 0 Å². The summed E-state index contributed by atoms with van der Waals surface area (Å²) < 4.78 is 34.7. The van der Waals surface area contributed by atoms with Crippen LogP contribution in [0.4, 0.5) is 15.9 Å². The second kappa shape index (κ2) is 9.68. The predicted molar refractivity (Wildman–Crippen MR) is 126 cm³/mol. The maximum absolute atomic E-state index is 14.6. The normalized spacial score (nSPS) is 19.5. The molecule has 13 heteroatoms. The smallest absolute Gasteiger partial charge is 0.241 e. The van der Waals surface area contributed by atoms with E-state index in [2.05, 4.69) is 24.9 Å². The summed E-state index contributed by atoms with van der Waals surface area (Å²) in [5.74, 6) is 0.283. The molecule has 0 aromatic carbocycles. The number of aromatic nitrogens is 5. The maximum Gasteiger partial charge on any atom is 0.241 e. The number of nitrogens with zero attached hydrogens (tertiary/aromatic N) is 8. The fourth-order valence-corrected chi connectivity index (χ4v) is 4.97. The monoisotopic (exact) mass is 498 g/mol. The number of anilines is 2. The van der Waals surface area contributed by atoms with E-state index in [9.17, 15) is 13.4 Å². The molecule has 2 unspecified atom stereocenters. The van der Waals surface area contributed by atoms with Gasteiger partial charge in [0.05, 0.1) is 24.0 Å². The Balaban J connectivity index is 1.38. The van der Waals surface area contributed by atoms with Gasteiger partial charge in [-0.05, 0) is 13.0 Å². The summed E-state index contributed by atoms with van der Waals surface area (Å²) in [7, 11) is 0. The van der Waals surface area contributed by atoms with E-state index in [1.807, 2.05) is 11.8 Å². The first-order valence-electron chi connectivity index (χ1n) is 11.1. The first-order chi connectivity index (χ1) is 16.9. The Labute approximate surface area is 203 Å². The van der Waals surface area contributed by atoms with Crippen molar-refractivity contribution in [2.24, 2.45) is 0 Å². The van der Waals surface area contributed by atoms with Crippen LogP contribution in [-0.2, 0) is 22.3 Å². The van der Waals surface area contributed by atoms with E-state index in [-0.39, 0.29) is 30.9 Å². The Morgan fingerprint density at radius 2 is 1.91 bits per heavy atom. The molecule has 0 radical (unpaired) electrons. The highest BCUT2D eigenvalue weighted by Crippen LogP contribution is 2.34. The van der Waals surface area contributed by atoms with Gasteiger partial charge in [0, 0.05) is 62.3 Å². The number of rotatable bonds is 5. The molecule has 1 saturated heterocycles. The molecular formula is C22H23FN8O3S. The number of hydrogen-bond donors (Lipinski definition) is 1. The van der Waals surface area contributed by atoms with Gasteiger partial charge < -0.3 is 14.4 Å². The van der Waals surface area contributed by atoms with Gasteiger partial charge in [0.25, 0.3) is 0 Å². The SMILES string of the molecule is CC1c2cnc(-c3ncccn3)nc2CCN1c1cc(N2CCN(CS(=O)O)CC2=O)cc(F)n1. The predicted octanol–water partition coefficient (Wildman–Crippen LogP) is 1.42. The molecule has 2 atom stereocenters. The third-order valence-electron chi connectivity index (χ3n) is 6.14. The lowest BCUT2D eigenvalue weighted by atomic mass is 9.99. The first-order valence-corrected chi connectivity index (χ1v) is 12.3. The van der Waals surface area contributed by atoms with Gasteiger partial charge in [0.1, 0.15) is 11.7 Å². The number of fused-ring (bicyclic) bond motifs is 1. The number of carbonyl (C=O) groups excluding carboxylic acids is 1. The van der Waals surface area contributed by atoms with E-state index in [0.29, 0.717) is 42.7 Å². The van der Waals surface area contributed by atoms with Crippen molar-refractivity contribution >= 4 is 28.5 Å². The minimum absolute atomic E-state index is 0.0101. The van der Waals surface area contributed by atoms with Crippen LogP contribution in [0.2, 0.25) is 0 Å². The van der Waals surface area contributed by atoms with Crippen LogP contribution in [0.25, 0.3) is 11.6 Å². The molecule has 5 heterocycles. The lowest BCUT2D eigenvalue weighted by molar-refractivity contribution is -0.120. The highest BCUT2D eigenvalue weighted by Gasteiger charge is 2.30. The average molecular weight is 499 g/mol. The summed E-state index contributed by atoms with van der Waals surface area (Å²) in [6.45, 7) is 3.22. The van der Waals surface area contributed by atoms with E-state index in [1.54, 1.807) is 35.6 Å². The number of hydrogen-bond acceptors (Lipinski definition) is 9. The minimum atomic E-state index is -2.02. The molecule has 3 aromatic heterocycles. The highest BCUT2D eigenvalue weighted by atomic mass is 32.2. The van der Waals surface area contributed by atoms with Gasteiger partial charge in [-0.2, -0.15) is 4.39 Å². The molecule has 1 fully saturated rings. The van der Waals surface area contributed by atoms with Crippen molar-refractivity contribution in [1.82, 2.24) is 29.8 Å². The molecular weight excluding hydrogens is 475 g/mol. The zero-order valence-electron chi connectivity index (χ0n) is 18.9. The Bertz CT molecular complexity index is 1280. The molecule has 0 aliphatic carbocycles. The molecule has 0 saturated carbocycles. The van der Waals surface area contributed by atoms with E-state index >= 15 is 0 Å². The Hall–Kier alpha value is -3.42. The van der Waals surface area contributed by atoms with Gasteiger partial charge in [-0.1, -0.05) is 0 Å². The second-order valence-electron chi connectivity index (χ2n) is 8.34. The summed E-state index contributed by atoms with van der Waals surface area (Å²) in [5, 5.41) is 0. The summed E-state index contributed by atoms with van der Waals surface area (Å²) in [4.78, 5) is 39.3. The molecule has 11 nitrogen and oxygen atoms in total. The molecule has 0 bridgehead atoms. The lowest BCUT2D eigenvalue weighted by Crippen LogP contribution is -2.51. The van der Waals surface area contributed by atoms with Crippen molar-refractivity contribution in [3.63, 3.8) is 0 Å². The highest BCUT2D eigenvalue weighted by molar-refractivity contribution is 7.79. The van der Waals surface area contributed by atoms with Crippen LogP contribution >= 0.6 is 0 Å². The fourth-order valence-electron chi connectivity index (χ4n) is 4.43. The van der Waals surface area contributed by atoms with E-state index in [1.165, 1.54) is 11.0 Å². The Morgan fingerprint density at radius 1 is 1.11 bits per heavy atom. The van der Waals surface area contributed by atoms with Crippen LogP contribution in [0, 0.1) is 5.95 Å². The van der Waals surface area contributed by atoms with Crippen molar-refractivity contribution in [1.29, 1.82) is 0 Å². The molecule has 182 valence electrons. The lowest BCUT2D eigenvalue weighted by Gasteiger charge is -2.37. The zero-order valence-corrected chi connectivity index (χ0v) is 19.7. The molecule has 35 heavy (non-hydrogen) atoms. The molecule has 0 spiro atoms. The summed E-state index contributed by atoms with van der Waals surface area (Å²) in [6.07, 6.45) is 5.63. The molecule has 5 rings (SSSR count). The quantitative estimate of drug-likeness (QED) is 0.407. The van der Waals surface area contributed by atoms with Crippen molar-refractivity contribution < 1.29 is 17.9 Å². The first kappa shape index (κ1) is 23.3. The van der Waals surface area contributed by atoms with Gasteiger partial charge >= 0.3 is 0 Å². The third kappa shape index (κ3) is 4.88. The number of piperazine rings is 1. The van der Waals surface area contributed by atoms with E-state index in [4.69, 9.17) is 4.55 Å². The fraction of sp³-hybridized carbons (Fsp3) is 0.364. The van der Waals surface area contributed by atoms with Crippen LogP contribution in [-0.4, -0.2) is 76.5 Å². The van der Waals surface area contributed by atoms with Crippen LogP contribution in [0.5, 0.6) is 0 Å². The van der Waals surface area contributed by atoms with E-state index in [0.717, 1.165) is 11.3 Å². The van der Waals surface area contributed by atoms with Crippen molar-refractivity contribution in [3.05, 3.63) is 54.0 Å². The average Bonchev–Trinajstić information content (AvgIpc) is 2.84. The maximum atomic E-state index is 14.6. The van der Waals surface area contributed by atoms with Crippen molar-refractivity contribution in [3.8, 4) is 11.6 Å².